The molecule has 1 aromatic carbocycles. The molecule has 0 fully saturated rings. The first-order chi connectivity index (χ1) is 8.06. The average Bonchev–Trinajstić information content (AvgIpc) is 2.35. The van der Waals surface area contributed by atoms with E-state index in [2.05, 4.69) is 4.74 Å². The van der Waals surface area contributed by atoms with Crippen molar-refractivity contribution in [2.45, 2.75) is 25.3 Å². The molecule has 0 amide bonds. The molecule has 1 atom stereocenters. The molecule has 1 unspecified atom stereocenters. The highest BCUT2D eigenvalue weighted by atomic mass is 16.5. The van der Waals surface area contributed by atoms with E-state index in [1.807, 2.05) is 30.3 Å². The van der Waals surface area contributed by atoms with Gasteiger partial charge in [-0.3, -0.25) is 4.79 Å². The Morgan fingerprint density at radius 1 is 1.35 bits per heavy atom. The highest BCUT2D eigenvalue weighted by molar-refractivity contribution is 5.79. The van der Waals surface area contributed by atoms with Gasteiger partial charge in [-0.2, -0.15) is 0 Å². The molecule has 2 N–H and O–H groups in total. The van der Waals surface area contributed by atoms with Gasteiger partial charge in [0.15, 0.2) is 0 Å². The molecule has 0 radical (unpaired) electrons. The third kappa shape index (κ3) is 4.44. The fourth-order valence-corrected chi connectivity index (χ4v) is 1.48. The number of nitrogens with two attached hydrogens (primary N) is 1. The summed E-state index contributed by atoms with van der Waals surface area (Å²) in [6, 6.07) is 9.54. The van der Waals surface area contributed by atoms with Crippen molar-refractivity contribution >= 4 is 5.97 Å². The molecule has 0 saturated heterocycles. The number of hydrogen-bond donors (Lipinski definition) is 1. The van der Waals surface area contributed by atoms with Crippen LogP contribution in [0.4, 0.5) is 0 Å². The van der Waals surface area contributed by atoms with Crippen LogP contribution in [0.15, 0.2) is 30.3 Å². The number of hydrogen-bond acceptors (Lipinski definition) is 4. The third-order valence-corrected chi connectivity index (χ3v) is 2.50. The molecule has 94 valence electrons. The lowest BCUT2D eigenvalue weighted by Crippen LogP contribution is -2.45. The maximum atomic E-state index is 11.3. The van der Waals surface area contributed by atoms with Crippen LogP contribution in [0.25, 0.3) is 0 Å². The van der Waals surface area contributed by atoms with E-state index in [0.29, 0.717) is 19.4 Å². The van der Waals surface area contributed by atoms with Gasteiger partial charge < -0.3 is 15.2 Å². The first-order valence-electron chi connectivity index (χ1n) is 5.61. The Hall–Kier alpha value is -1.55. The minimum atomic E-state index is -0.936. The zero-order valence-electron chi connectivity index (χ0n) is 10.3. The predicted molar refractivity (Wildman–Crippen MR) is 65.8 cm³/mol. The maximum Gasteiger partial charge on any atom is 0.325 e. The van der Waals surface area contributed by atoms with Crippen LogP contribution >= 0.6 is 0 Å². The van der Waals surface area contributed by atoms with Crippen LogP contribution in [-0.2, 0) is 9.53 Å². The second kappa shape index (κ2) is 6.25. The molecule has 0 saturated carbocycles. The van der Waals surface area contributed by atoms with Gasteiger partial charge in [-0.15, -0.1) is 0 Å². The third-order valence-electron chi connectivity index (χ3n) is 2.50. The van der Waals surface area contributed by atoms with Crippen LogP contribution in [0, 0.1) is 0 Å². The van der Waals surface area contributed by atoms with Crippen molar-refractivity contribution in [1.29, 1.82) is 0 Å². The smallest absolute Gasteiger partial charge is 0.325 e. The average molecular weight is 237 g/mol. The van der Waals surface area contributed by atoms with Crippen molar-refractivity contribution in [3.8, 4) is 5.75 Å². The molecule has 0 aromatic heterocycles. The van der Waals surface area contributed by atoms with Crippen LogP contribution in [0.1, 0.15) is 19.8 Å². The molecule has 0 aliphatic rings. The predicted octanol–water partition coefficient (Wildman–Crippen LogP) is 1.74. The number of rotatable bonds is 6. The molecular weight excluding hydrogens is 218 g/mol. The molecule has 0 aliphatic carbocycles. The molecule has 4 nitrogen and oxygen atoms in total. The van der Waals surface area contributed by atoms with Crippen LogP contribution in [0.5, 0.6) is 5.75 Å². The summed E-state index contributed by atoms with van der Waals surface area (Å²) in [6.07, 6.45) is 1.24. The van der Waals surface area contributed by atoms with E-state index in [-0.39, 0.29) is 0 Å². The van der Waals surface area contributed by atoms with Crippen molar-refractivity contribution < 1.29 is 14.3 Å². The lowest BCUT2D eigenvalue weighted by Gasteiger charge is -2.21. The van der Waals surface area contributed by atoms with Crippen LogP contribution < -0.4 is 10.5 Å². The van der Waals surface area contributed by atoms with Crippen molar-refractivity contribution in [2.24, 2.45) is 5.73 Å². The van der Waals surface area contributed by atoms with Gasteiger partial charge >= 0.3 is 5.97 Å². The number of methoxy groups -OCH3 is 1. The van der Waals surface area contributed by atoms with Gasteiger partial charge in [-0.05, 0) is 31.9 Å². The Morgan fingerprint density at radius 2 is 2.00 bits per heavy atom. The molecule has 1 rings (SSSR count). The minimum Gasteiger partial charge on any atom is -0.494 e. The van der Waals surface area contributed by atoms with Crippen molar-refractivity contribution in [1.82, 2.24) is 0 Å². The zero-order valence-corrected chi connectivity index (χ0v) is 10.3. The first kappa shape index (κ1) is 13.5. The zero-order chi connectivity index (χ0) is 12.7. The number of esters is 1. The van der Waals surface area contributed by atoms with Crippen molar-refractivity contribution in [2.75, 3.05) is 13.7 Å². The Balaban J connectivity index is 2.27. The Morgan fingerprint density at radius 3 is 2.59 bits per heavy atom. The normalized spacial score (nSPS) is 13.8. The van der Waals surface area contributed by atoms with Crippen molar-refractivity contribution in [3.63, 3.8) is 0 Å². The number of benzene rings is 1. The van der Waals surface area contributed by atoms with E-state index >= 15 is 0 Å². The van der Waals surface area contributed by atoms with E-state index in [4.69, 9.17) is 10.5 Å². The Kier molecular flexibility index (Phi) is 4.97. The topological polar surface area (TPSA) is 61.5 Å². The minimum absolute atomic E-state index is 0.391. The number of ether oxygens (including phenoxy) is 2. The summed E-state index contributed by atoms with van der Waals surface area (Å²) in [5.41, 5.74) is 4.88. The molecule has 1 aromatic rings. The molecular formula is C13H19NO3. The number of carbonyl (C=O) groups is 1. The summed E-state index contributed by atoms with van der Waals surface area (Å²) < 4.78 is 10.1. The first-order valence-corrected chi connectivity index (χ1v) is 5.61. The molecule has 4 heteroatoms. The van der Waals surface area contributed by atoms with Crippen LogP contribution in [0.2, 0.25) is 0 Å². The Labute approximate surface area is 102 Å². The maximum absolute atomic E-state index is 11.3. The number of carbonyl (C=O) groups excluding carboxylic acids is 1. The fourth-order valence-electron chi connectivity index (χ4n) is 1.48. The van der Waals surface area contributed by atoms with Gasteiger partial charge in [0.2, 0.25) is 0 Å². The van der Waals surface area contributed by atoms with E-state index in [1.165, 1.54) is 7.11 Å². The highest BCUT2D eigenvalue weighted by Gasteiger charge is 2.28. The number of para-hydroxylation sites is 1. The summed E-state index contributed by atoms with van der Waals surface area (Å²) >= 11 is 0. The van der Waals surface area contributed by atoms with Gasteiger partial charge in [-0.1, -0.05) is 18.2 Å². The van der Waals surface area contributed by atoms with Gasteiger partial charge in [0, 0.05) is 0 Å². The highest BCUT2D eigenvalue weighted by Crippen LogP contribution is 2.13. The van der Waals surface area contributed by atoms with E-state index < -0.39 is 11.5 Å². The lowest BCUT2D eigenvalue weighted by molar-refractivity contribution is -0.146. The molecule has 0 bridgehead atoms. The van der Waals surface area contributed by atoms with Crippen molar-refractivity contribution in [3.05, 3.63) is 30.3 Å². The second-order valence-electron chi connectivity index (χ2n) is 4.17. The molecule has 0 spiro atoms. The van der Waals surface area contributed by atoms with E-state index in [9.17, 15) is 4.79 Å². The van der Waals surface area contributed by atoms with E-state index in [1.54, 1.807) is 6.92 Å². The summed E-state index contributed by atoms with van der Waals surface area (Å²) in [5, 5.41) is 0. The van der Waals surface area contributed by atoms with Gasteiger partial charge in [-0.25, -0.2) is 0 Å². The summed E-state index contributed by atoms with van der Waals surface area (Å²) in [6.45, 7) is 2.20. The standard InChI is InChI=1S/C13H19NO3/c1-13(14,12(15)16-2)9-6-10-17-11-7-4-3-5-8-11/h3-5,7-8H,6,9-10,14H2,1-2H3. The van der Waals surface area contributed by atoms with Crippen LogP contribution in [-0.4, -0.2) is 25.2 Å². The van der Waals surface area contributed by atoms with Gasteiger partial charge in [0.1, 0.15) is 11.3 Å². The largest absolute Gasteiger partial charge is 0.494 e. The summed E-state index contributed by atoms with van der Waals surface area (Å²) in [7, 11) is 1.34. The SMILES string of the molecule is COC(=O)C(C)(N)CCCOc1ccccc1. The summed E-state index contributed by atoms with van der Waals surface area (Å²) in [5.74, 6) is 0.432. The van der Waals surface area contributed by atoms with Gasteiger partial charge in [0.05, 0.1) is 13.7 Å². The lowest BCUT2D eigenvalue weighted by atomic mass is 9.98. The quantitative estimate of drug-likeness (QED) is 0.604. The molecule has 0 heterocycles. The second-order valence-corrected chi connectivity index (χ2v) is 4.17. The van der Waals surface area contributed by atoms with Crippen LogP contribution in [0.3, 0.4) is 0 Å². The fraction of sp³-hybridized carbons (Fsp3) is 0.462. The monoisotopic (exact) mass is 237 g/mol. The Bertz CT molecular complexity index is 349. The molecule has 17 heavy (non-hydrogen) atoms. The summed E-state index contributed by atoms with van der Waals surface area (Å²) in [4.78, 5) is 11.3. The van der Waals surface area contributed by atoms with Gasteiger partial charge in [0.25, 0.3) is 0 Å². The van der Waals surface area contributed by atoms with E-state index in [0.717, 1.165) is 5.75 Å². The molecule has 0 aliphatic heterocycles.